The molecule has 0 spiro atoms. The van der Waals surface area contributed by atoms with E-state index in [9.17, 15) is 10.2 Å². The number of β-amino-alcohol motifs (C(OH)–C–C–N with tert-alkyl or cyclic N) is 1. The number of piperidine rings is 1. The zero-order valence-corrected chi connectivity index (χ0v) is 9.65. The molecule has 3 nitrogen and oxygen atoms in total. The molecule has 2 N–H and O–H groups in total. The summed E-state index contributed by atoms with van der Waals surface area (Å²) >= 11 is 0. The smallest absolute Gasteiger partial charge is 0.0746 e. The molecular weight excluding hydrogens is 190 g/mol. The highest BCUT2D eigenvalue weighted by atomic mass is 16.3. The Morgan fingerprint density at radius 2 is 1.93 bits per heavy atom. The number of hydrogen-bond donors (Lipinski definition) is 2. The van der Waals surface area contributed by atoms with E-state index in [1.54, 1.807) is 0 Å². The topological polar surface area (TPSA) is 43.7 Å². The molecule has 1 saturated heterocycles. The van der Waals surface area contributed by atoms with Gasteiger partial charge in [-0.25, -0.2) is 0 Å². The summed E-state index contributed by atoms with van der Waals surface area (Å²) in [5, 5.41) is 20.0. The average molecular weight is 213 g/mol. The molecule has 0 radical (unpaired) electrons. The fourth-order valence-electron chi connectivity index (χ4n) is 3.06. The standard InChI is InChI=1S/C12H23NO2/c1-12(15)7-4-8-13(9-12)10-5-2-3-6-11(10)14/h10-11,14-15H,2-9H2,1H3. The number of aliphatic hydroxyl groups is 2. The monoisotopic (exact) mass is 213 g/mol. The number of likely N-dealkylation sites (tertiary alicyclic amines) is 1. The third-order valence-corrected chi connectivity index (χ3v) is 3.87. The molecule has 1 saturated carbocycles. The summed E-state index contributed by atoms with van der Waals surface area (Å²) < 4.78 is 0. The largest absolute Gasteiger partial charge is 0.391 e. The molecule has 15 heavy (non-hydrogen) atoms. The van der Waals surface area contributed by atoms with Crippen LogP contribution in [0.3, 0.4) is 0 Å². The molecule has 2 aliphatic rings. The van der Waals surface area contributed by atoms with Gasteiger partial charge in [-0.3, -0.25) is 4.90 Å². The van der Waals surface area contributed by atoms with Crippen LogP contribution in [0.4, 0.5) is 0 Å². The van der Waals surface area contributed by atoms with Gasteiger partial charge in [-0.1, -0.05) is 12.8 Å². The molecule has 88 valence electrons. The second-order valence-electron chi connectivity index (χ2n) is 5.49. The van der Waals surface area contributed by atoms with Gasteiger partial charge in [-0.05, 0) is 39.2 Å². The summed E-state index contributed by atoms with van der Waals surface area (Å²) in [6.45, 7) is 3.68. The minimum absolute atomic E-state index is 0.173. The minimum Gasteiger partial charge on any atom is -0.391 e. The lowest BCUT2D eigenvalue weighted by atomic mass is 9.87. The first-order valence-corrected chi connectivity index (χ1v) is 6.23. The molecule has 1 heterocycles. The van der Waals surface area contributed by atoms with Gasteiger partial charge in [0.05, 0.1) is 11.7 Å². The van der Waals surface area contributed by atoms with Gasteiger partial charge in [0.2, 0.25) is 0 Å². The van der Waals surface area contributed by atoms with Crippen molar-refractivity contribution in [3.63, 3.8) is 0 Å². The summed E-state index contributed by atoms with van der Waals surface area (Å²) in [5.41, 5.74) is -0.546. The van der Waals surface area contributed by atoms with Gasteiger partial charge >= 0.3 is 0 Å². The summed E-state index contributed by atoms with van der Waals surface area (Å²) in [6, 6.07) is 0.297. The number of aliphatic hydroxyl groups excluding tert-OH is 1. The molecule has 1 aliphatic heterocycles. The van der Waals surface area contributed by atoms with E-state index < -0.39 is 5.60 Å². The Kier molecular flexibility index (Phi) is 3.33. The number of nitrogens with zero attached hydrogens (tertiary/aromatic N) is 1. The van der Waals surface area contributed by atoms with Gasteiger partial charge in [0, 0.05) is 12.6 Å². The molecule has 3 atom stereocenters. The number of hydrogen-bond acceptors (Lipinski definition) is 3. The Balaban J connectivity index is 1.96. The zero-order chi connectivity index (χ0) is 10.9. The van der Waals surface area contributed by atoms with E-state index in [0.717, 1.165) is 45.2 Å². The third-order valence-electron chi connectivity index (χ3n) is 3.87. The molecule has 3 heteroatoms. The van der Waals surface area contributed by atoms with Crippen molar-refractivity contribution in [2.24, 2.45) is 0 Å². The van der Waals surface area contributed by atoms with Crippen molar-refractivity contribution in [1.29, 1.82) is 0 Å². The second kappa shape index (κ2) is 4.40. The molecule has 0 aromatic heterocycles. The van der Waals surface area contributed by atoms with E-state index in [0.29, 0.717) is 6.04 Å². The summed E-state index contributed by atoms with van der Waals surface area (Å²) in [5.74, 6) is 0. The van der Waals surface area contributed by atoms with Gasteiger partial charge in [0.15, 0.2) is 0 Å². The Labute approximate surface area is 92.1 Å². The van der Waals surface area contributed by atoms with Crippen LogP contribution in [-0.4, -0.2) is 45.9 Å². The van der Waals surface area contributed by atoms with Crippen LogP contribution in [0.2, 0.25) is 0 Å². The van der Waals surface area contributed by atoms with Crippen LogP contribution >= 0.6 is 0 Å². The van der Waals surface area contributed by atoms with Crippen molar-refractivity contribution in [2.75, 3.05) is 13.1 Å². The minimum atomic E-state index is -0.546. The third kappa shape index (κ3) is 2.71. The molecule has 0 aromatic rings. The highest BCUT2D eigenvalue weighted by Gasteiger charge is 2.35. The predicted octanol–water partition coefficient (Wildman–Crippen LogP) is 1.14. The van der Waals surface area contributed by atoms with Crippen molar-refractivity contribution in [3.05, 3.63) is 0 Å². The van der Waals surface area contributed by atoms with Gasteiger partial charge in [0.25, 0.3) is 0 Å². The van der Waals surface area contributed by atoms with Gasteiger partial charge in [0.1, 0.15) is 0 Å². The Bertz CT molecular complexity index is 218. The van der Waals surface area contributed by atoms with Crippen LogP contribution in [0.5, 0.6) is 0 Å². The maximum atomic E-state index is 10.0. The highest BCUT2D eigenvalue weighted by Crippen LogP contribution is 2.28. The maximum absolute atomic E-state index is 10.0. The van der Waals surface area contributed by atoms with E-state index in [2.05, 4.69) is 4.90 Å². The normalized spacial score (nSPS) is 44.2. The number of rotatable bonds is 1. The summed E-state index contributed by atoms with van der Waals surface area (Å²) in [6.07, 6.45) is 6.18. The van der Waals surface area contributed by atoms with Crippen molar-refractivity contribution >= 4 is 0 Å². The van der Waals surface area contributed by atoms with E-state index in [-0.39, 0.29) is 6.10 Å². The van der Waals surface area contributed by atoms with Crippen LogP contribution in [0.1, 0.15) is 45.4 Å². The Morgan fingerprint density at radius 1 is 1.20 bits per heavy atom. The van der Waals surface area contributed by atoms with E-state index in [1.807, 2.05) is 6.92 Å². The molecule has 2 rings (SSSR count). The van der Waals surface area contributed by atoms with Crippen molar-refractivity contribution < 1.29 is 10.2 Å². The fraction of sp³-hybridized carbons (Fsp3) is 1.00. The van der Waals surface area contributed by atoms with E-state index in [4.69, 9.17) is 0 Å². The van der Waals surface area contributed by atoms with Crippen molar-refractivity contribution in [2.45, 2.75) is 63.2 Å². The molecule has 3 unspecified atom stereocenters. The van der Waals surface area contributed by atoms with Crippen molar-refractivity contribution in [1.82, 2.24) is 4.90 Å². The van der Waals surface area contributed by atoms with Gasteiger partial charge < -0.3 is 10.2 Å². The van der Waals surface area contributed by atoms with Crippen LogP contribution in [0, 0.1) is 0 Å². The van der Waals surface area contributed by atoms with Crippen LogP contribution in [0.25, 0.3) is 0 Å². The SMILES string of the molecule is CC1(O)CCCN(C2CCCCC2O)C1. The fourth-order valence-corrected chi connectivity index (χ4v) is 3.06. The molecule has 1 aliphatic carbocycles. The van der Waals surface area contributed by atoms with Crippen LogP contribution in [-0.2, 0) is 0 Å². The van der Waals surface area contributed by atoms with Crippen molar-refractivity contribution in [3.8, 4) is 0 Å². The average Bonchev–Trinajstić information content (AvgIpc) is 2.17. The Hall–Kier alpha value is -0.120. The first kappa shape index (κ1) is 11.4. The van der Waals surface area contributed by atoms with Gasteiger partial charge in [-0.15, -0.1) is 0 Å². The predicted molar refractivity (Wildman–Crippen MR) is 59.7 cm³/mol. The molecular formula is C12H23NO2. The molecule has 0 bridgehead atoms. The highest BCUT2D eigenvalue weighted by molar-refractivity contribution is 4.90. The first-order chi connectivity index (χ1) is 7.08. The van der Waals surface area contributed by atoms with Gasteiger partial charge in [-0.2, -0.15) is 0 Å². The molecule has 0 amide bonds. The van der Waals surface area contributed by atoms with Crippen LogP contribution < -0.4 is 0 Å². The second-order valence-corrected chi connectivity index (χ2v) is 5.49. The summed E-state index contributed by atoms with van der Waals surface area (Å²) in [4.78, 5) is 2.30. The molecule has 2 fully saturated rings. The molecule has 0 aromatic carbocycles. The Morgan fingerprint density at radius 3 is 2.60 bits per heavy atom. The lowest BCUT2D eigenvalue weighted by molar-refractivity contribution is -0.0621. The lowest BCUT2D eigenvalue weighted by Gasteiger charge is -2.44. The zero-order valence-electron chi connectivity index (χ0n) is 9.65. The maximum Gasteiger partial charge on any atom is 0.0746 e. The lowest BCUT2D eigenvalue weighted by Crippen LogP contribution is -2.54. The summed E-state index contributed by atoms with van der Waals surface area (Å²) in [7, 11) is 0. The first-order valence-electron chi connectivity index (χ1n) is 6.23. The van der Waals surface area contributed by atoms with Crippen LogP contribution in [0.15, 0.2) is 0 Å². The quantitative estimate of drug-likeness (QED) is 0.686. The van der Waals surface area contributed by atoms with E-state index >= 15 is 0 Å². The van der Waals surface area contributed by atoms with E-state index in [1.165, 1.54) is 6.42 Å².